The number of carboxylic acids is 1. The number of hydrogen-bond donors (Lipinski definition) is 1. The number of piperidine rings is 1. The van der Waals surface area contributed by atoms with Gasteiger partial charge in [-0.05, 0) is 26.7 Å². The molecule has 16 heavy (non-hydrogen) atoms. The highest BCUT2D eigenvalue weighted by molar-refractivity contribution is 5.73. The standard InChI is InChI=1S/C10H16F3NO2/c1-6(2)14-5-7(10(11,12)13)3-4-8(14)9(15)16/h6-8H,3-5H2,1-2H3,(H,15,16). The molecule has 1 N–H and O–H groups in total. The summed E-state index contributed by atoms with van der Waals surface area (Å²) in [5.74, 6) is -2.43. The minimum atomic E-state index is -4.23. The Labute approximate surface area is 92.2 Å². The van der Waals surface area contributed by atoms with Crippen LogP contribution in [0.5, 0.6) is 0 Å². The van der Waals surface area contributed by atoms with Gasteiger partial charge >= 0.3 is 12.1 Å². The number of carbonyl (C=O) groups is 1. The number of alkyl halides is 3. The average Bonchev–Trinajstić information content (AvgIpc) is 2.15. The van der Waals surface area contributed by atoms with Crippen LogP contribution in [0.3, 0.4) is 0 Å². The van der Waals surface area contributed by atoms with Gasteiger partial charge in [0.25, 0.3) is 0 Å². The van der Waals surface area contributed by atoms with E-state index in [4.69, 9.17) is 5.11 Å². The fraction of sp³-hybridized carbons (Fsp3) is 0.900. The first-order valence-electron chi connectivity index (χ1n) is 5.28. The van der Waals surface area contributed by atoms with Crippen molar-refractivity contribution in [2.45, 2.75) is 44.9 Å². The SMILES string of the molecule is CC(C)N1CC(C(F)(F)F)CCC1C(=O)O. The first-order valence-corrected chi connectivity index (χ1v) is 5.28. The lowest BCUT2D eigenvalue weighted by molar-refractivity contribution is -0.195. The molecule has 2 unspecified atom stereocenters. The number of nitrogens with zero attached hydrogens (tertiary/aromatic N) is 1. The van der Waals surface area contributed by atoms with Gasteiger partial charge in [0.1, 0.15) is 6.04 Å². The summed E-state index contributed by atoms with van der Waals surface area (Å²) in [4.78, 5) is 12.3. The molecule has 0 aromatic carbocycles. The molecule has 0 aliphatic carbocycles. The quantitative estimate of drug-likeness (QED) is 0.802. The maximum Gasteiger partial charge on any atom is 0.393 e. The Bertz CT molecular complexity index is 265. The summed E-state index contributed by atoms with van der Waals surface area (Å²) in [5.41, 5.74) is 0. The lowest BCUT2D eigenvalue weighted by atomic mass is 9.91. The highest BCUT2D eigenvalue weighted by Gasteiger charge is 2.46. The molecule has 1 fully saturated rings. The maximum absolute atomic E-state index is 12.5. The largest absolute Gasteiger partial charge is 0.480 e. The Hall–Kier alpha value is -0.780. The molecule has 0 bridgehead atoms. The predicted molar refractivity (Wildman–Crippen MR) is 52.0 cm³/mol. The third kappa shape index (κ3) is 2.87. The van der Waals surface area contributed by atoms with Crippen molar-refractivity contribution in [2.24, 2.45) is 5.92 Å². The number of halogens is 3. The van der Waals surface area contributed by atoms with Gasteiger partial charge in [0.2, 0.25) is 0 Å². The maximum atomic E-state index is 12.5. The zero-order valence-electron chi connectivity index (χ0n) is 9.29. The highest BCUT2D eigenvalue weighted by atomic mass is 19.4. The highest BCUT2D eigenvalue weighted by Crippen LogP contribution is 2.35. The smallest absolute Gasteiger partial charge is 0.393 e. The van der Waals surface area contributed by atoms with Crippen LogP contribution in [0.4, 0.5) is 13.2 Å². The minimum absolute atomic E-state index is 0.0672. The third-order valence-corrected chi connectivity index (χ3v) is 3.03. The second kappa shape index (κ2) is 4.61. The minimum Gasteiger partial charge on any atom is -0.480 e. The van der Waals surface area contributed by atoms with E-state index in [1.165, 1.54) is 4.90 Å². The summed E-state index contributed by atoms with van der Waals surface area (Å²) < 4.78 is 37.6. The van der Waals surface area contributed by atoms with Crippen LogP contribution >= 0.6 is 0 Å². The molecule has 0 aromatic rings. The molecular formula is C10H16F3NO2. The van der Waals surface area contributed by atoms with Gasteiger partial charge in [-0.25, -0.2) is 0 Å². The molecular weight excluding hydrogens is 223 g/mol. The molecule has 1 aliphatic heterocycles. The molecule has 1 rings (SSSR count). The first kappa shape index (κ1) is 13.3. The molecule has 6 heteroatoms. The number of likely N-dealkylation sites (tertiary alicyclic amines) is 1. The van der Waals surface area contributed by atoms with E-state index in [-0.39, 0.29) is 25.4 Å². The van der Waals surface area contributed by atoms with Gasteiger partial charge in [-0.2, -0.15) is 13.2 Å². The van der Waals surface area contributed by atoms with Crippen LogP contribution in [0.1, 0.15) is 26.7 Å². The topological polar surface area (TPSA) is 40.5 Å². The summed E-state index contributed by atoms with van der Waals surface area (Å²) >= 11 is 0. The monoisotopic (exact) mass is 239 g/mol. The van der Waals surface area contributed by atoms with Crippen molar-refractivity contribution >= 4 is 5.97 Å². The van der Waals surface area contributed by atoms with Crippen LogP contribution in [0.25, 0.3) is 0 Å². The molecule has 0 spiro atoms. The Kier molecular flexibility index (Phi) is 3.83. The van der Waals surface area contributed by atoms with Crippen molar-refractivity contribution in [2.75, 3.05) is 6.54 Å². The van der Waals surface area contributed by atoms with E-state index in [1.54, 1.807) is 13.8 Å². The van der Waals surface area contributed by atoms with Gasteiger partial charge in [-0.15, -0.1) is 0 Å². The van der Waals surface area contributed by atoms with Crippen molar-refractivity contribution in [1.82, 2.24) is 4.90 Å². The molecule has 2 atom stereocenters. The molecule has 1 heterocycles. The molecule has 94 valence electrons. The van der Waals surface area contributed by atoms with E-state index in [1.807, 2.05) is 0 Å². The Morgan fingerprint density at radius 3 is 2.31 bits per heavy atom. The number of hydrogen-bond acceptors (Lipinski definition) is 2. The van der Waals surface area contributed by atoms with Crippen LogP contribution in [0, 0.1) is 5.92 Å². The number of carboxylic acid groups (broad SMARTS) is 1. The van der Waals surface area contributed by atoms with E-state index in [2.05, 4.69) is 0 Å². The average molecular weight is 239 g/mol. The van der Waals surface area contributed by atoms with Crippen molar-refractivity contribution in [3.05, 3.63) is 0 Å². The fourth-order valence-corrected chi connectivity index (χ4v) is 2.10. The van der Waals surface area contributed by atoms with E-state index < -0.39 is 24.1 Å². The lowest BCUT2D eigenvalue weighted by Gasteiger charge is -2.40. The van der Waals surface area contributed by atoms with Gasteiger partial charge in [-0.1, -0.05) is 0 Å². The van der Waals surface area contributed by atoms with Crippen molar-refractivity contribution in [1.29, 1.82) is 0 Å². The normalized spacial score (nSPS) is 28.4. The van der Waals surface area contributed by atoms with Gasteiger partial charge in [0.15, 0.2) is 0 Å². The molecule has 0 saturated carbocycles. The van der Waals surface area contributed by atoms with Crippen LogP contribution in [0.2, 0.25) is 0 Å². The van der Waals surface area contributed by atoms with Crippen molar-refractivity contribution < 1.29 is 23.1 Å². The van der Waals surface area contributed by atoms with E-state index in [0.29, 0.717) is 0 Å². The zero-order chi connectivity index (χ0) is 12.5. The van der Waals surface area contributed by atoms with Gasteiger partial charge in [0, 0.05) is 12.6 Å². The lowest BCUT2D eigenvalue weighted by Crippen LogP contribution is -2.53. The van der Waals surface area contributed by atoms with E-state index in [0.717, 1.165) is 0 Å². The Morgan fingerprint density at radius 1 is 1.38 bits per heavy atom. The van der Waals surface area contributed by atoms with Crippen molar-refractivity contribution in [3.63, 3.8) is 0 Å². The summed E-state index contributed by atoms with van der Waals surface area (Å²) in [6.07, 6.45) is -4.25. The fourth-order valence-electron chi connectivity index (χ4n) is 2.10. The van der Waals surface area contributed by atoms with E-state index >= 15 is 0 Å². The number of rotatable bonds is 2. The number of aliphatic carboxylic acids is 1. The van der Waals surface area contributed by atoms with Gasteiger partial charge in [0.05, 0.1) is 5.92 Å². The summed E-state index contributed by atoms with van der Waals surface area (Å²) in [5, 5.41) is 8.92. The first-order chi connectivity index (χ1) is 7.23. The third-order valence-electron chi connectivity index (χ3n) is 3.03. The Balaban J connectivity index is 2.77. The van der Waals surface area contributed by atoms with Crippen LogP contribution < -0.4 is 0 Å². The molecule has 0 radical (unpaired) electrons. The van der Waals surface area contributed by atoms with Gasteiger partial charge in [-0.3, -0.25) is 9.69 Å². The second-order valence-electron chi connectivity index (χ2n) is 4.46. The predicted octanol–water partition coefficient (Wildman–Crippen LogP) is 2.12. The molecule has 0 aromatic heterocycles. The second-order valence-corrected chi connectivity index (χ2v) is 4.46. The van der Waals surface area contributed by atoms with Crippen LogP contribution in [-0.2, 0) is 4.79 Å². The summed E-state index contributed by atoms with van der Waals surface area (Å²) in [6, 6.07) is -0.968. The molecule has 3 nitrogen and oxygen atoms in total. The molecule has 1 saturated heterocycles. The Morgan fingerprint density at radius 2 is 1.94 bits per heavy atom. The van der Waals surface area contributed by atoms with Crippen LogP contribution in [0.15, 0.2) is 0 Å². The zero-order valence-corrected chi connectivity index (χ0v) is 9.29. The van der Waals surface area contributed by atoms with Crippen LogP contribution in [-0.4, -0.2) is 40.8 Å². The van der Waals surface area contributed by atoms with Crippen molar-refractivity contribution in [3.8, 4) is 0 Å². The molecule has 0 amide bonds. The summed E-state index contributed by atoms with van der Waals surface area (Å²) in [7, 11) is 0. The van der Waals surface area contributed by atoms with E-state index in [9.17, 15) is 18.0 Å². The molecule has 1 aliphatic rings. The summed E-state index contributed by atoms with van der Waals surface area (Å²) in [6.45, 7) is 3.22. The van der Waals surface area contributed by atoms with Gasteiger partial charge < -0.3 is 5.11 Å².